The van der Waals surface area contributed by atoms with Crippen LogP contribution >= 0.6 is 11.3 Å². The van der Waals surface area contributed by atoms with E-state index in [0.29, 0.717) is 27.5 Å². The summed E-state index contributed by atoms with van der Waals surface area (Å²) in [7, 11) is 0. The molecule has 136 valence electrons. The Labute approximate surface area is 156 Å². The van der Waals surface area contributed by atoms with Gasteiger partial charge in [-0.05, 0) is 49.9 Å². The number of benzene rings is 1. The smallest absolute Gasteiger partial charge is 0.338 e. The standard InChI is InChI=1S/C20H22N2O3S/c1-10(2)14-6-8-15(9-7-14)20(24)25-12(4)17-21-18(23)16-11(3)13(5)26-19(16)22-17/h6-10,12H,1-5H3,(H,21,22,23)/t12-/m0/s1. The number of thiophene rings is 1. The minimum absolute atomic E-state index is 0.198. The lowest BCUT2D eigenvalue weighted by Crippen LogP contribution is -2.17. The maximum atomic E-state index is 12.4. The molecule has 1 N–H and O–H groups in total. The van der Waals surface area contributed by atoms with Crippen molar-refractivity contribution in [2.75, 3.05) is 0 Å². The van der Waals surface area contributed by atoms with Crippen molar-refractivity contribution in [2.45, 2.75) is 46.6 Å². The zero-order valence-corrected chi connectivity index (χ0v) is 16.4. The fourth-order valence-electron chi connectivity index (χ4n) is 2.75. The second-order valence-corrected chi connectivity index (χ2v) is 7.94. The second-order valence-electron chi connectivity index (χ2n) is 6.74. The third-order valence-electron chi connectivity index (χ3n) is 4.54. The molecule has 0 radical (unpaired) electrons. The lowest BCUT2D eigenvalue weighted by atomic mass is 10.0. The van der Waals surface area contributed by atoms with Crippen LogP contribution in [-0.4, -0.2) is 15.9 Å². The summed E-state index contributed by atoms with van der Waals surface area (Å²) in [6.07, 6.45) is -0.646. The molecule has 5 nitrogen and oxygen atoms in total. The summed E-state index contributed by atoms with van der Waals surface area (Å²) in [5, 5.41) is 0.610. The first-order valence-corrected chi connectivity index (χ1v) is 9.40. The molecule has 2 heterocycles. The number of hydrogen-bond acceptors (Lipinski definition) is 5. The molecule has 6 heteroatoms. The van der Waals surface area contributed by atoms with Gasteiger partial charge in [0.15, 0.2) is 11.9 Å². The first kappa shape index (κ1) is 18.3. The monoisotopic (exact) mass is 370 g/mol. The summed E-state index contributed by atoms with van der Waals surface area (Å²) in [6.45, 7) is 9.78. The number of carbonyl (C=O) groups is 1. The lowest BCUT2D eigenvalue weighted by Gasteiger charge is -2.13. The van der Waals surface area contributed by atoms with Gasteiger partial charge in [-0.1, -0.05) is 26.0 Å². The molecule has 26 heavy (non-hydrogen) atoms. The third kappa shape index (κ3) is 3.42. The topological polar surface area (TPSA) is 72.0 Å². The number of ether oxygens (including phenoxy) is 1. The van der Waals surface area contributed by atoms with E-state index >= 15 is 0 Å². The van der Waals surface area contributed by atoms with E-state index in [1.165, 1.54) is 11.3 Å². The molecule has 0 aliphatic carbocycles. The molecule has 3 aromatic rings. The molecule has 0 spiro atoms. The summed E-state index contributed by atoms with van der Waals surface area (Å²) in [5.41, 5.74) is 2.39. The Balaban J connectivity index is 1.83. The molecule has 0 saturated carbocycles. The van der Waals surface area contributed by atoms with Crippen molar-refractivity contribution >= 4 is 27.5 Å². The molecule has 0 saturated heterocycles. The molecule has 3 rings (SSSR count). The van der Waals surface area contributed by atoms with E-state index in [4.69, 9.17) is 4.74 Å². The third-order valence-corrected chi connectivity index (χ3v) is 5.64. The lowest BCUT2D eigenvalue weighted by molar-refractivity contribution is 0.0320. The van der Waals surface area contributed by atoms with Crippen LogP contribution in [0.2, 0.25) is 0 Å². The molecule has 1 aromatic carbocycles. The van der Waals surface area contributed by atoms with Crippen LogP contribution in [0.25, 0.3) is 10.2 Å². The van der Waals surface area contributed by atoms with E-state index in [1.807, 2.05) is 26.0 Å². The van der Waals surface area contributed by atoms with Crippen LogP contribution in [0.1, 0.15) is 65.0 Å². The predicted molar refractivity (Wildman–Crippen MR) is 104 cm³/mol. The fourth-order valence-corrected chi connectivity index (χ4v) is 3.79. The van der Waals surface area contributed by atoms with Crippen LogP contribution in [0.4, 0.5) is 0 Å². The summed E-state index contributed by atoms with van der Waals surface area (Å²) in [5.74, 6) is 0.322. The Kier molecular flexibility index (Phi) is 4.96. The maximum Gasteiger partial charge on any atom is 0.338 e. The van der Waals surface area contributed by atoms with Gasteiger partial charge in [0.05, 0.1) is 10.9 Å². The number of hydrogen-bond donors (Lipinski definition) is 1. The van der Waals surface area contributed by atoms with Gasteiger partial charge in [-0.25, -0.2) is 9.78 Å². The predicted octanol–water partition coefficient (Wildman–Crippen LogP) is 4.64. The van der Waals surface area contributed by atoms with Gasteiger partial charge in [0.1, 0.15) is 4.83 Å². The highest BCUT2D eigenvalue weighted by Crippen LogP contribution is 2.27. The summed E-state index contributed by atoms with van der Waals surface area (Å²) in [6, 6.07) is 7.37. The zero-order chi connectivity index (χ0) is 19.0. The highest BCUT2D eigenvalue weighted by molar-refractivity contribution is 7.18. The average Bonchev–Trinajstić information content (AvgIpc) is 2.89. The second kappa shape index (κ2) is 7.03. The van der Waals surface area contributed by atoms with Crippen molar-refractivity contribution in [3.63, 3.8) is 0 Å². The van der Waals surface area contributed by atoms with Crippen molar-refractivity contribution in [2.24, 2.45) is 0 Å². The number of nitrogens with zero attached hydrogens (tertiary/aromatic N) is 1. The maximum absolute atomic E-state index is 12.4. The van der Waals surface area contributed by atoms with Crippen LogP contribution < -0.4 is 5.56 Å². The number of rotatable bonds is 4. The summed E-state index contributed by atoms with van der Waals surface area (Å²) < 4.78 is 5.50. The molecule has 0 fully saturated rings. The van der Waals surface area contributed by atoms with Gasteiger partial charge in [0, 0.05) is 4.88 Å². The zero-order valence-electron chi connectivity index (χ0n) is 15.5. The van der Waals surface area contributed by atoms with Gasteiger partial charge < -0.3 is 9.72 Å². The summed E-state index contributed by atoms with van der Waals surface area (Å²) >= 11 is 1.47. The van der Waals surface area contributed by atoms with Crippen molar-refractivity contribution in [3.8, 4) is 0 Å². The molecule has 1 atom stereocenters. The van der Waals surface area contributed by atoms with Gasteiger partial charge in [0.25, 0.3) is 5.56 Å². The quantitative estimate of drug-likeness (QED) is 0.679. The highest BCUT2D eigenvalue weighted by Gasteiger charge is 2.19. The van der Waals surface area contributed by atoms with Crippen LogP contribution in [0.5, 0.6) is 0 Å². The van der Waals surface area contributed by atoms with E-state index in [-0.39, 0.29) is 5.56 Å². The Morgan fingerprint density at radius 3 is 2.42 bits per heavy atom. The Bertz CT molecular complexity index is 1020. The number of aromatic nitrogens is 2. The SMILES string of the molecule is Cc1sc2nc([C@H](C)OC(=O)c3ccc(C(C)C)cc3)[nH]c(=O)c2c1C. The van der Waals surface area contributed by atoms with E-state index in [9.17, 15) is 9.59 Å². The minimum Gasteiger partial charge on any atom is -0.451 e. The molecule has 2 aromatic heterocycles. The van der Waals surface area contributed by atoms with Crippen LogP contribution in [0.15, 0.2) is 29.1 Å². The Morgan fingerprint density at radius 2 is 1.81 bits per heavy atom. The number of H-pyrrole nitrogens is 1. The van der Waals surface area contributed by atoms with Gasteiger partial charge in [-0.3, -0.25) is 4.79 Å². The normalized spacial score (nSPS) is 12.5. The molecule has 0 amide bonds. The van der Waals surface area contributed by atoms with Gasteiger partial charge in [-0.2, -0.15) is 0 Å². The van der Waals surface area contributed by atoms with Crippen molar-refractivity contribution in [3.05, 3.63) is 62.0 Å². The number of nitrogens with one attached hydrogen (secondary N) is 1. The van der Waals surface area contributed by atoms with Crippen LogP contribution in [0, 0.1) is 13.8 Å². The van der Waals surface area contributed by atoms with Gasteiger partial charge in [-0.15, -0.1) is 11.3 Å². The summed E-state index contributed by atoms with van der Waals surface area (Å²) in [4.78, 5) is 33.7. The molecular weight excluding hydrogens is 348 g/mol. The van der Waals surface area contributed by atoms with E-state index in [1.54, 1.807) is 19.1 Å². The van der Waals surface area contributed by atoms with E-state index in [0.717, 1.165) is 16.0 Å². The van der Waals surface area contributed by atoms with E-state index in [2.05, 4.69) is 23.8 Å². The number of aryl methyl sites for hydroxylation is 2. The molecular formula is C20H22N2O3S. The molecule has 0 unspecified atom stereocenters. The van der Waals surface area contributed by atoms with Crippen molar-refractivity contribution in [1.82, 2.24) is 9.97 Å². The van der Waals surface area contributed by atoms with Gasteiger partial charge in [0.2, 0.25) is 0 Å². The Morgan fingerprint density at radius 1 is 1.15 bits per heavy atom. The average molecular weight is 370 g/mol. The van der Waals surface area contributed by atoms with Crippen molar-refractivity contribution in [1.29, 1.82) is 0 Å². The van der Waals surface area contributed by atoms with Gasteiger partial charge >= 0.3 is 5.97 Å². The van der Waals surface area contributed by atoms with Crippen molar-refractivity contribution < 1.29 is 9.53 Å². The van der Waals surface area contributed by atoms with Crippen LogP contribution in [0.3, 0.4) is 0 Å². The minimum atomic E-state index is -0.646. The van der Waals surface area contributed by atoms with Crippen LogP contribution in [-0.2, 0) is 4.74 Å². The number of carbonyl (C=O) groups excluding carboxylic acids is 1. The molecule has 0 bridgehead atoms. The molecule has 0 aliphatic heterocycles. The largest absolute Gasteiger partial charge is 0.451 e. The first-order chi connectivity index (χ1) is 12.3. The number of esters is 1. The number of aromatic amines is 1. The molecule has 0 aliphatic rings. The fraction of sp³-hybridized carbons (Fsp3) is 0.350. The number of fused-ring (bicyclic) bond motifs is 1. The first-order valence-electron chi connectivity index (χ1n) is 8.58. The van der Waals surface area contributed by atoms with E-state index < -0.39 is 12.1 Å². The Hall–Kier alpha value is -2.47. The highest BCUT2D eigenvalue weighted by atomic mass is 32.1.